The van der Waals surface area contributed by atoms with Crippen LogP contribution < -0.4 is 51.4 Å². The summed E-state index contributed by atoms with van der Waals surface area (Å²) in [6, 6.07) is 11.1. The summed E-state index contributed by atoms with van der Waals surface area (Å²) in [4.78, 5) is 0. The molecule has 0 amide bonds. The molecule has 3 N–H and O–H groups in total. The van der Waals surface area contributed by atoms with Gasteiger partial charge in [-0.15, -0.1) is 0 Å². The minimum atomic E-state index is -2.17. The molecule has 0 aliphatic carbocycles. The predicted octanol–water partition coefficient (Wildman–Crippen LogP) is -2.26. The van der Waals surface area contributed by atoms with Crippen LogP contribution in [0.25, 0.3) is 0 Å². The number of rotatable bonds is 0. The van der Waals surface area contributed by atoms with Gasteiger partial charge in [-0.25, -0.2) is 0 Å². The number of hydrogen-bond donors (Lipinski definition) is 3. The number of hydrogen-bond acceptors (Lipinski definition) is 3. The fourth-order valence-corrected chi connectivity index (χ4v) is 0.887. The van der Waals surface area contributed by atoms with Gasteiger partial charge in [-0.3, -0.25) is 0 Å². The molecule has 1 aromatic carbocycles. The topological polar surface area (TPSA) is 60.7 Å². The molecular weight excluding hydrogens is 218 g/mol. The van der Waals surface area contributed by atoms with Crippen LogP contribution in [0.1, 0.15) is 26.3 Å². The van der Waals surface area contributed by atoms with E-state index >= 15 is 0 Å². The van der Waals surface area contributed by atoms with Crippen LogP contribution in [0, 0.1) is 6.07 Å². The van der Waals surface area contributed by atoms with Gasteiger partial charge in [0, 0.05) is 0 Å². The van der Waals surface area contributed by atoms with Gasteiger partial charge in [0.15, 0.2) is 0 Å². The zero-order valence-corrected chi connectivity index (χ0v) is 12.9. The van der Waals surface area contributed by atoms with Crippen molar-refractivity contribution in [3.63, 3.8) is 0 Å². The molecule has 0 radical (unpaired) electrons. The number of benzene rings is 1. The molecule has 5 heteroatoms. The van der Waals surface area contributed by atoms with Gasteiger partial charge in [-0.1, -0.05) is 20.8 Å². The Hall–Kier alpha value is 0.801. The van der Waals surface area contributed by atoms with Gasteiger partial charge in [0.05, 0.1) is 0 Å². The first-order valence-electron chi connectivity index (χ1n) is 4.35. The molecule has 3 nitrogen and oxygen atoms in total. The SMILES string of the molecule is CC(C)(C)c1cc[c-]cc1.OB(O)O.[K+]. The smallest absolute Gasteiger partial charge is 0.402 e. The second kappa shape index (κ2) is 8.90. The monoisotopic (exact) mass is 234 g/mol. The second-order valence-corrected chi connectivity index (χ2v) is 3.89. The van der Waals surface area contributed by atoms with Crippen LogP contribution in [0.15, 0.2) is 24.3 Å². The van der Waals surface area contributed by atoms with E-state index < -0.39 is 7.32 Å². The maximum Gasteiger partial charge on any atom is 1.00 e. The minimum Gasteiger partial charge on any atom is -0.402 e. The Labute approximate surface area is 134 Å². The Balaban J connectivity index is 0. The van der Waals surface area contributed by atoms with Crippen LogP contribution in [0.3, 0.4) is 0 Å². The molecule has 0 aromatic heterocycles. The third-order valence-corrected chi connectivity index (χ3v) is 1.58. The maximum atomic E-state index is 7.17. The average Bonchev–Trinajstić information content (AvgIpc) is 2.03. The van der Waals surface area contributed by atoms with E-state index in [4.69, 9.17) is 15.1 Å². The summed E-state index contributed by atoms with van der Waals surface area (Å²) >= 11 is 0. The molecule has 0 aliphatic heterocycles. The van der Waals surface area contributed by atoms with Gasteiger partial charge in [-0.2, -0.15) is 35.9 Å². The van der Waals surface area contributed by atoms with E-state index in [1.165, 1.54) is 5.56 Å². The van der Waals surface area contributed by atoms with Crippen LogP contribution >= 0.6 is 0 Å². The maximum absolute atomic E-state index is 7.17. The molecular formula is C10H16BKO3. The molecule has 0 heterocycles. The Kier molecular flexibility index (Phi) is 10.8. The van der Waals surface area contributed by atoms with Crippen molar-refractivity contribution in [1.82, 2.24) is 0 Å². The van der Waals surface area contributed by atoms with E-state index in [0.29, 0.717) is 0 Å². The molecule has 0 bridgehead atoms. The van der Waals surface area contributed by atoms with Crippen molar-refractivity contribution in [2.45, 2.75) is 26.2 Å². The minimum absolute atomic E-state index is 0. The molecule has 1 rings (SSSR count). The molecule has 1 aromatic rings. The molecule has 0 atom stereocenters. The third kappa shape index (κ3) is 11.1. The Morgan fingerprint density at radius 2 is 1.40 bits per heavy atom. The van der Waals surface area contributed by atoms with Crippen molar-refractivity contribution in [2.75, 3.05) is 0 Å². The zero-order valence-electron chi connectivity index (χ0n) is 9.73. The predicted molar refractivity (Wildman–Crippen MR) is 56.4 cm³/mol. The Morgan fingerprint density at radius 3 is 1.60 bits per heavy atom. The largest absolute Gasteiger partial charge is 1.00 e. The van der Waals surface area contributed by atoms with E-state index in [2.05, 4.69) is 39.0 Å². The average molecular weight is 234 g/mol. The third-order valence-electron chi connectivity index (χ3n) is 1.58. The zero-order chi connectivity index (χ0) is 11.2. The van der Waals surface area contributed by atoms with Crippen molar-refractivity contribution in [2.24, 2.45) is 0 Å². The summed E-state index contributed by atoms with van der Waals surface area (Å²) in [5.74, 6) is 0. The van der Waals surface area contributed by atoms with Gasteiger partial charge < -0.3 is 15.1 Å². The van der Waals surface area contributed by atoms with Crippen LogP contribution in [0.4, 0.5) is 0 Å². The summed E-state index contributed by atoms with van der Waals surface area (Å²) in [5.41, 5.74) is 1.64. The van der Waals surface area contributed by atoms with E-state index in [1.54, 1.807) is 0 Å². The molecule has 0 saturated heterocycles. The summed E-state index contributed by atoms with van der Waals surface area (Å²) < 4.78 is 0. The first-order valence-corrected chi connectivity index (χ1v) is 4.35. The van der Waals surface area contributed by atoms with Crippen LogP contribution in [0.5, 0.6) is 0 Å². The fourth-order valence-electron chi connectivity index (χ4n) is 0.887. The normalized spacial score (nSPS) is 9.47. The van der Waals surface area contributed by atoms with Gasteiger partial charge in [0.2, 0.25) is 0 Å². The molecule has 78 valence electrons. The first kappa shape index (κ1) is 18.2. The molecule has 0 fully saturated rings. The summed E-state index contributed by atoms with van der Waals surface area (Å²) in [7, 11) is -2.17. The fraction of sp³-hybridized carbons (Fsp3) is 0.400. The van der Waals surface area contributed by atoms with Crippen LogP contribution in [0.2, 0.25) is 0 Å². The quantitative estimate of drug-likeness (QED) is 0.350. The van der Waals surface area contributed by atoms with Gasteiger partial charge in [0.1, 0.15) is 0 Å². The Bertz CT molecular complexity index is 244. The van der Waals surface area contributed by atoms with Gasteiger partial charge in [-0.05, 0) is 5.41 Å². The van der Waals surface area contributed by atoms with Crippen molar-refractivity contribution >= 4 is 7.32 Å². The van der Waals surface area contributed by atoms with Crippen LogP contribution in [-0.2, 0) is 5.41 Å². The van der Waals surface area contributed by atoms with Gasteiger partial charge >= 0.3 is 58.7 Å². The molecule has 0 unspecified atom stereocenters. The van der Waals surface area contributed by atoms with Gasteiger partial charge in [0.25, 0.3) is 0 Å². The summed E-state index contributed by atoms with van der Waals surface area (Å²) in [5, 5.41) is 21.5. The van der Waals surface area contributed by atoms with Crippen LogP contribution in [-0.4, -0.2) is 22.4 Å². The van der Waals surface area contributed by atoms with E-state index in [0.717, 1.165) is 0 Å². The first-order chi connectivity index (χ1) is 6.34. The summed E-state index contributed by atoms with van der Waals surface area (Å²) in [6.45, 7) is 6.63. The molecule has 0 spiro atoms. The van der Waals surface area contributed by atoms with Crippen molar-refractivity contribution in [3.05, 3.63) is 35.9 Å². The summed E-state index contributed by atoms with van der Waals surface area (Å²) in [6.07, 6.45) is 0. The van der Waals surface area contributed by atoms with Crippen molar-refractivity contribution in [3.8, 4) is 0 Å². The Morgan fingerprint density at radius 1 is 1.07 bits per heavy atom. The van der Waals surface area contributed by atoms with Crippen molar-refractivity contribution < 1.29 is 66.5 Å². The van der Waals surface area contributed by atoms with E-state index in [-0.39, 0.29) is 56.8 Å². The van der Waals surface area contributed by atoms with E-state index in [1.807, 2.05) is 12.1 Å². The van der Waals surface area contributed by atoms with Crippen molar-refractivity contribution in [1.29, 1.82) is 0 Å². The molecule has 0 saturated carbocycles. The standard InChI is InChI=1S/C10H13.BH3O3.K/c1-10(2,3)9-7-5-4-6-8-9;2-1(3)4;/h5-8H,1-3H3;2-4H;/q-1;;+1. The second-order valence-electron chi connectivity index (χ2n) is 3.89. The molecule has 15 heavy (non-hydrogen) atoms. The molecule has 0 aliphatic rings. The van der Waals surface area contributed by atoms with E-state index in [9.17, 15) is 0 Å².